The summed E-state index contributed by atoms with van der Waals surface area (Å²) >= 11 is 1.22. The summed E-state index contributed by atoms with van der Waals surface area (Å²) in [5.41, 5.74) is 3.89. The minimum Gasteiger partial charge on any atom is -0.388 e. The number of ether oxygens (including phenoxy) is 2. The van der Waals surface area contributed by atoms with Gasteiger partial charge in [-0.15, -0.1) is 11.8 Å². The van der Waals surface area contributed by atoms with Gasteiger partial charge in [-0.1, -0.05) is 13.8 Å². The third kappa shape index (κ3) is 4.58. The van der Waals surface area contributed by atoms with Gasteiger partial charge in [-0.05, 0) is 29.9 Å². The molecule has 11 heteroatoms. The monoisotopic (exact) mass is 459 g/mol. The number of aliphatic hydroxyl groups excluding tert-OH is 3. The van der Waals surface area contributed by atoms with Crippen LogP contribution in [0.5, 0.6) is 0 Å². The fourth-order valence-electron chi connectivity index (χ4n) is 4.79. The van der Waals surface area contributed by atoms with Gasteiger partial charge in [-0.25, -0.2) is 5.32 Å². The molecule has 3 aliphatic rings. The minimum absolute atomic E-state index is 0.0117. The molecule has 0 aromatic carbocycles. The Morgan fingerprint density at radius 2 is 2.03 bits per heavy atom. The van der Waals surface area contributed by atoms with Crippen LogP contribution in [0.3, 0.4) is 0 Å². The largest absolute Gasteiger partial charge is 0.437 e. The lowest BCUT2D eigenvalue weighted by Gasteiger charge is -2.44. The summed E-state index contributed by atoms with van der Waals surface area (Å²) in [5, 5.41) is 37.1. The molecule has 176 valence electrons. The van der Waals surface area contributed by atoms with E-state index in [9.17, 15) is 20.1 Å². The molecule has 4 unspecified atom stereocenters. The number of nitrogens with one attached hydrogen (secondary N) is 2. The summed E-state index contributed by atoms with van der Waals surface area (Å²) < 4.78 is 11.8. The van der Waals surface area contributed by atoms with Crippen molar-refractivity contribution in [2.45, 2.75) is 80.4 Å². The van der Waals surface area contributed by atoms with Crippen LogP contribution in [0.4, 0.5) is 0 Å². The van der Waals surface area contributed by atoms with E-state index in [2.05, 4.69) is 15.5 Å². The number of thioether (sulfide) groups is 1. The van der Waals surface area contributed by atoms with Crippen LogP contribution in [0.25, 0.3) is 4.85 Å². The van der Waals surface area contributed by atoms with E-state index in [-0.39, 0.29) is 17.9 Å². The second kappa shape index (κ2) is 9.89. The molecule has 1 amide bonds. The second-order valence-electron chi connectivity index (χ2n) is 9.03. The molecule has 0 saturated carbocycles. The zero-order valence-electron chi connectivity index (χ0n) is 18.2. The smallest absolute Gasteiger partial charge is 0.388 e. The summed E-state index contributed by atoms with van der Waals surface area (Å²) in [4.78, 5) is 17.4. The normalized spacial score (nSPS) is 44.2. The first-order valence-electron chi connectivity index (χ1n) is 10.7. The number of hydrogen-bond acceptors (Lipinski definition) is 9. The van der Waals surface area contributed by atoms with Crippen molar-refractivity contribution in [3.63, 3.8) is 0 Å². The molecule has 10 atom stereocenters. The number of nitrogens with zero attached hydrogens (tertiary/aromatic N) is 1. The first kappa shape index (κ1) is 24.7. The number of nitrogens with two attached hydrogens (primary N) is 1. The molecule has 3 aliphatic heterocycles. The van der Waals surface area contributed by atoms with E-state index in [4.69, 9.17) is 21.8 Å². The first-order valence-corrected chi connectivity index (χ1v) is 12.0. The van der Waals surface area contributed by atoms with E-state index in [1.54, 1.807) is 6.26 Å². The van der Waals surface area contributed by atoms with Crippen molar-refractivity contribution >= 4 is 17.7 Å². The number of hydrogen-bond donors (Lipinski definition) is 6. The van der Waals surface area contributed by atoms with Gasteiger partial charge in [0, 0.05) is 25.1 Å². The summed E-state index contributed by atoms with van der Waals surface area (Å²) in [6.07, 6.45) is -2.40. The van der Waals surface area contributed by atoms with Gasteiger partial charge in [0.05, 0.1) is 6.04 Å². The first-order chi connectivity index (χ1) is 14.7. The molecule has 10 nitrogen and oxygen atoms in total. The molecular weight excluding hydrogens is 424 g/mol. The highest BCUT2D eigenvalue weighted by Crippen LogP contribution is 2.36. The maximum Gasteiger partial charge on any atom is 0.437 e. The lowest BCUT2D eigenvalue weighted by molar-refractivity contribution is -0.208. The van der Waals surface area contributed by atoms with Crippen molar-refractivity contribution in [1.29, 1.82) is 0 Å². The molecule has 0 spiro atoms. The van der Waals surface area contributed by atoms with E-state index >= 15 is 0 Å². The van der Waals surface area contributed by atoms with Crippen LogP contribution >= 0.6 is 11.8 Å². The van der Waals surface area contributed by atoms with Crippen molar-refractivity contribution < 1.29 is 29.6 Å². The third-order valence-electron chi connectivity index (χ3n) is 6.62. The SMILES string of the molecule is C#[N+][C@]1(C(=O)N[C@H](C(C)C)[C@H]2OC(SC)[C@H](O)C(O)C2O)NC[C@@H]2CC(N)CCO[C@H]21. The number of carbonyl (C=O) groups is 1. The van der Waals surface area contributed by atoms with Crippen LogP contribution in [0, 0.1) is 18.4 Å². The molecule has 3 saturated heterocycles. The highest BCUT2D eigenvalue weighted by atomic mass is 32.2. The van der Waals surface area contributed by atoms with Gasteiger partial charge < -0.3 is 35.8 Å². The molecule has 3 rings (SSSR count). The summed E-state index contributed by atoms with van der Waals surface area (Å²) in [6, 6.07) is -0.689. The highest BCUT2D eigenvalue weighted by Gasteiger charge is 2.65. The molecular formula is C20H35N4O6S+. The standard InChI is InChI=1S/C20H34N4O6S/c1-9(2)12(16-14(26)13(25)15(27)18(30-16)31-4)24-19(28)20(22-3)17-10(8-23-20)7-11(21)5-6-29-17/h3,9-18,23,25-27H,5-8,21H2,1-2,4H3/p+1/t10-,11?,12+,13?,14?,15+,16+,17+,18?,20-/m0/s1. The number of rotatable bonds is 5. The van der Waals surface area contributed by atoms with Crippen molar-refractivity contribution in [3.8, 4) is 6.57 Å². The van der Waals surface area contributed by atoms with Gasteiger partial charge >= 0.3 is 11.6 Å². The van der Waals surface area contributed by atoms with Gasteiger partial charge in [0.25, 0.3) is 6.57 Å². The summed E-state index contributed by atoms with van der Waals surface area (Å²) in [7, 11) is 0. The number of amides is 1. The van der Waals surface area contributed by atoms with E-state index in [0.717, 1.165) is 0 Å². The van der Waals surface area contributed by atoms with Crippen LogP contribution < -0.4 is 16.4 Å². The maximum absolute atomic E-state index is 13.5. The summed E-state index contributed by atoms with van der Waals surface area (Å²) in [5.74, 6) is -0.666. The molecule has 3 heterocycles. The van der Waals surface area contributed by atoms with Gasteiger partial charge in [-0.2, -0.15) is 0 Å². The van der Waals surface area contributed by atoms with Crippen molar-refractivity contribution in [2.24, 2.45) is 17.6 Å². The Balaban J connectivity index is 1.82. The lowest BCUT2D eigenvalue weighted by atomic mass is 9.87. The number of aliphatic hydroxyl groups is 3. The number of carbonyl (C=O) groups excluding carboxylic acids is 1. The van der Waals surface area contributed by atoms with Crippen LogP contribution in [0.15, 0.2) is 0 Å². The van der Waals surface area contributed by atoms with Crippen molar-refractivity contribution in [3.05, 3.63) is 4.85 Å². The fraction of sp³-hybridized carbons (Fsp3) is 0.900. The van der Waals surface area contributed by atoms with Gasteiger partial charge in [-0.3, -0.25) is 4.79 Å². The Morgan fingerprint density at radius 3 is 2.65 bits per heavy atom. The summed E-state index contributed by atoms with van der Waals surface area (Å²) in [6.45, 7) is 10.4. The lowest BCUT2D eigenvalue weighted by Crippen LogP contribution is -2.67. The quantitative estimate of drug-likeness (QED) is 0.294. The Kier molecular flexibility index (Phi) is 7.87. The van der Waals surface area contributed by atoms with Crippen LogP contribution in [-0.4, -0.2) is 94.3 Å². The molecule has 3 fully saturated rings. The maximum atomic E-state index is 13.5. The van der Waals surface area contributed by atoms with Crippen molar-refractivity contribution in [1.82, 2.24) is 10.6 Å². The molecule has 7 N–H and O–H groups in total. The van der Waals surface area contributed by atoms with Crippen LogP contribution in [-0.2, 0) is 14.3 Å². The van der Waals surface area contributed by atoms with E-state index in [1.165, 1.54) is 11.8 Å². The van der Waals surface area contributed by atoms with Crippen LogP contribution in [0.1, 0.15) is 26.7 Å². The zero-order chi connectivity index (χ0) is 22.9. The predicted molar refractivity (Wildman–Crippen MR) is 116 cm³/mol. The van der Waals surface area contributed by atoms with Gasteiger partial charge in [0.2, 0.25) is 0 Å². The topological polar surface area (TPSA) is 151 Å². The van der Waals surface area contributed by atoms with Gasteiger partial charge in [0.1, 0.15) is 29.9 Å². The van der Waals surface area contributed by atoms with Crippen LogP contribution in [0.2, 0.25) is 0 Å². The Bertz CT molecular complexity index is 691. The zero-order valence-corrected chi connectivity index (χ0v) is 19.0. The van der Waals surface area contributed by atoms with Gasteiger partial charge in [0.15, 0.2) is 6.10 Å². The molecule has 0 aromatic rings. The molecule has 0 aliphatic carbocycles. The van der Waals surface area contributed by atoms with E-state index in [1.807, 2.05) is 13.8 Å². The Hall–Kier alpha value is -0.970. The van der Waals surface area contributed by atoms with Crippen molar-refractivity contribution in [2.75, 3.05) is 19.4 Å². The predicted octanol–water partition coefficient (Wildman–Crippen LogP) is -1.32. The Morgan fingerprint density at radius 1 is 1.32 bits per heavy atom. The average Bonchev–Trinajstić information content (AvgIpc) is 2.97. The van der Waals surface area contributed by atoms with E-state index < -0.39 is 53.6 Å². The van der Waals surface area contributed by atoms with E-state index in [0.29, 0.717) is 26.0 Å². The minimum atomic E-state index is -1.49. The molecule has 0 radical (unpaired) electrons. The average molecular weight is 460 g/mol. The third-order valence-corrected chi connectivity index (χ3v) is 7.48. The molecule has 0 aromatic heterocycles. The molecule has 31 heavy (non-hydrogen) atoms. The Labute approximate surface area is 187 Å². The highest BCUT2D eigenvalue weighted by molar-refractivity contribution is 7.99. The fourth-order valence-corrected chi connectivity index (χ4v) is 5.47. The number of fused-ring (bicyclic) bond motifs is 1. The molecule has 0 bridgehead atoms. The second-order valence-corrected chi connectivity index (χ2v) is 9.97.